The van der Waals surface area contributed by atoms with Gasteiger partial charge in [0.15, 0.2) is 0 Å². The molecule has 0 bridgehead atoms. The van der Waals surface area contributed by atoms with E-state index in [9.17, 15) is 4.79 Å². The summed E-state index contributed by atoms with van der Waals surface area (Å²) in [5.41, 5.74) is 0.303. The molecule has 1 saturated heterocycles. The fourth-order valence-corrected chi connectivity index (χ4v) is 3.85. The second-order valence-corrected chi connectivity index (χ2v) is 6.09. The van der Waals surface area contributed by atoms with Crippen molar-refractivity contribution in [1.29, 1.82) is 0 Å². The van der Waals surface area contributed by atoms with E-state index in [0.717, 1.165) is 26.1 Å². The number of ether oxygens (including phenoxy) is 1. The largest absolute Gasteiger partial charge is 0.378 e. The molecule has 1 amide bonds. The SMILES string of the molecule is CCOC1CC(N(C)C(=O)C2CNC2)C12CCC2.Cl. The minimum atomic E-state index is 0. The third-order valence-electron chi connectivity index (χ3n) is 5.34. The van der Waals surface area contributed by atoms with E-state index in [-0.39, 0.29) is 18.3 Å². The first kappa shape index (κ1) is 15.1. The fourth-order valence-electron chi connectivity index (χ4n) is 3.85. The Morgan fingerprint density at radius 2 is 2.11 bits per heavy atom. The van der Waals surface area contributed by atoms with Crippen molar-refractivity contribution in [2.24, 2.45) is 11.3 Å². The zero-order chi connectivity index (χ0) is 12.8. The molecule has 1 aliphatic heterocycles. The minimum absolute atomic E-state index is 0. The molecule has 0 aromatic heterocycles. The van der Waals surface area contributed by atoms with Crippen LogP contribution in [0.3, 0.4) is 0 Å². The summed E-state index contributed by atoms with van der Waals surface area (Å²) in [6, 6.07) is 0.427. The maximum atomic E-state index is 12.3. The normalized spacial score (nSPS) is 31.7. The van der Waals surface area contributed by atoms with Crippen molar-refractivity contribution in [1.82, 2.24) is 10.2 Å². The molecule has 0 aromatic rings. The molecule has 3 rings (SSSR count). The van der Waals surface area contributed by atoms with Crippen LogP contribution < -0.4 is 5.32 Å². The molecule has 1 N–H and O–H groups in total. The number of carbonyl (C=O) groups excluding carboxylic acids is 1. The van der Waals surface area contributed by atoms with Gasteiger partial charge in [-0.15, -0.1) is 12.4 Å². The summed E-state index contributed by atoms with van der Waals surface area (Å²) in [5, 5.41) is 3.18. The zero-order valence-corrected chi connectivity index (χ0v) is 12.7. The summed E-state index contributed by atoms with van der Waals surface area (Å²) in [5.74, 6) is 0.554. The number of nitrogens with zero attached hydrogens (tertiary/aromatic N) is 1. The van der Waals surface area contributed by atoms with Gasteiger partial charge in [0.2, 0.25) is 5.91 Å². The average molecular weight is 289 g/mol. The molecule has 19 heavy (non-hydrogen) atoms. The van der Waals surface area contributed by atoms with Gasteiger partial charge in [-0.1, -0.05) is 6.42 Å². The summed E-state index contributed by atoms with van der Waals surface area (Å²) in [4.78, 5) is 14.3. The van der Waals surface area contributed by atoms with Crippen LogP contribution in [0.1, 0.15) is 32.6 Å². The summed E-state index contributed by atoms with van der Waals surface area (Å²) in [7, 11) is 1.99. The smallest absolute Gasteiger partial charge is 0.228 e. The Morgan fingerprint density at radius 3 is 2.53 bits per heavy atom. The van der Waals surface area contributed by atoms with Gasteiger partial charge in [0.1, 0.15) is 0 Å². The van der Waals surface area contributed by atoms with Crippen LogP contribution in [0.25, 0.3) is 0 Å². The van der Waals surface area contributed by atoms with Gasteiger partial charge >= 0.3 is 0 Å². The van der Waals surface area contributed by atoms with E-state index in [1.165, 1.54) is 19.3 Å². The highest BCUT2D eigenvalue weighted by atomic mass is 35.5. The van der Waals surface area contributed by atoms with Gasteiger partial charge < -0.3 is 15.0 Å². The maximum Gasteiger partial charge on any atom is 0.228 e. The highest BCUT2D eigenvalue weighted by Crippen LogP contribution is 2.59. The summed E-state index contributed by atoms with van der Waals surface area (Å²) in [6.45, 7) is 4.58. The molecule has 0 radical (unpaired) electrons. The molecule has 2 unspecified atom stereocenters. The lowest BCUT2D eigenvalue weighted by Crippen LogP contribution is -2.69. The van der Waals surface area contributed by atoms with Crippen molar-refractivity contribution < 1.29 is 9.53 Å². The summed E-state index contributed by atoms with van der Waals surface area (Å²) in [6.07, 6.45) is 5.21. The van der Waals surface area contributed by atoms with Crippen molar-refractivity contribution in [2.75, 3.05) is 26.7 Å². The van der Waals surface area contributed by atoms with Crippen LogP contribution in [0.2, 0.25) is 0 Å². The predicted molar refractivity (Wildman–Crippen MR) is 76.5 cm³/mol. The molecule has 3 aliphatic rings. The predicted octanol–water partition coefficient (Wildman–Crippen LogP) is 1.43. The number of rotatable bonds is 4. The first-order valence-corrected chi connectivity index (χ1v) is 7.28. The van der Waals surface area contributed by atoms with Crippen LogP contribution in [0.15, 0.2) is 0 Å². The number of hydrogen-bond donors (Lipinski definition) is 1. The van der Waals surface area contributed by atoms with Crippen LogP contribution >= 0.6 is 12.4 Å². The molecular formula is C14H25ClN2O2. The second kappa shape index (κ2) is 5.58. The average Bonchev–Trinajstić information content (AvgIpc) is 2.18. The third kappa shape index (κ3) is 2.18. The quantitative estimate of drug-likeness (QED) is 0.851. The maximum absolute atomic E-state index is 12.3. The van der Waals surface area contributed by atoms with E-state index >= 15 is 0 Å². The Labute approximate surface area is 121 Å². The molecule has 1 spiro atoms. The van der Waals surface area contributed by atoms with Crippen molar-refractivity contribution in [3.8, 4) is 0 Å². The fraction of sp³-hybridized carbons (Fsp3) is 0.929. The molecule has 2 atom stereocenters. The van der Waals surface area contributed by atoms with Crippen LogP contribution in [0.4, 0.5) is 0 Å². The Kier molecular flexibility index (Phi) is 4.43. The summed E-state index contributed by atoms with van der Waals surface area (Å²) < 4.78 is 5.85. The third-order valence-corrected chi connectivity index (χ3v) is 5.34. The molecule has 1 heterocycles. The van der Waals surface area contributed by atoms with E-state index in [1.54, 1.807) is 0 Å². The monoisotopic (exact) mass is 288 g/mol. The van der Waals surface area contributed by atoms with Crippen LogP contribution in [0, 0.1) is 11.3 Å². The number of hydrogen-bond acceptors (Lipinski definition) is 3. The molecule has 110 valence electrons. The molecule has 0 aromatic carbocycles. The molecule has 2 aliphatic carbocycles. The second-order valence-electron chi connectivity index (χ2n) is 6.09. The van der Waals surface area contributed by atoms with Crippen molar-refractivity contribution in [3.05, 3.63) is 0 Å². The highest BCUT2D eigenvalue weighted by Gasteiger charge is 2.61. The molecule has 3 fully saturated rings. The molecule has 2 saturated carbocycles. The van der Waals surface area contributed by atoms with Crippen molar-refractivity contribution in [3.63, 3.8) is 0 Å². The first-order valence-electron chi connectivity index (χ1n) is 7.28. The van der Waals surface area contributed by atoms with Gasteiger partial charge in [-0.25, -0.2) is 0 Å². The van der Waals surface area contributed by atoms with Gasteiger partial charge in [-0.2, -0.15) is 0 Å². The number of carbonyl (C=O) groups is 1. The van der Waals surface area contributed by atoms with Gasteiger partial charge in [0.05, 0.1) is 12.0 Å². The van der Waals surface area contributed by atoms with Crippen LogP contribution in [-0.2, 0) is 9.53 Å². The highest BCUT2D eigenvalue weighted by molar-refractivity contribution is 5.85. The zero-order valence-electron chi connectivity index (χ0n) is 11.9. The van der Waals surface area contributed by atoms with Gasteiger partial charge in [0.25, 0.3) is 0 Å². The topological polar surface area (TPSA) is 41.6 Å². The lowest BCUT2D eigenvalue weighted by molar-refractivity contribution is -0.204. The Hall–Kier alpha value is -0.320. The molecule has 5 heteroatoms. The number of nitrogens with one attached hydrogen (secondary N) is 1. The van der Waals surface area contributed by atoms with E-state index in [4.69, 9.17) is 4.74 Å². The number of amides is 1. The van der Waals surface area contributed by atoms with Crippen molar-refractivity contribution in [2.45, 2.75) is 44.8 Å². The summed E-state index contributed by atoms with van der Waals surface area (Å²) >= 11 is 0. The van der Waals surface area contributed by atoms with E-state index < -0.39 is 0 Å². The van der Waals surface area contributed by atoms with E-state index in [0.29, 0.717) is 23.5 Å². The van der Waals surface area contributed by atoms with Gasteiger partial charge in [0, 0.05) is 38.2 Å². The van der Waals surface area contributed by atoms with E-state index in [2.05, 4.69) is 12.2 Å². The van der Waals surface area contributed by atoms with Crippen LogP contribution in [0.5, 0.6) is 0 Å². The van der Waals surface area contributed by atoms with Crippen molar-refractivity contribution >= 4 is 18.3 Å². The van der Waals surface area contributed by atoms with E-state index in [1.807, 2.05) is 11.9 Å². The van der Waals surface area contributed by atoms with Crippen LogP contribution in [-0.4, -0.2) is 49.7 Å². The van der Waals surface area contributed by atoms with Gasteiger partial charge in [-0.05, 0) is 26.2 Å². The Balaban J connectivity index is 0.00000133. The Morgan fingerprint density at radius 1 is 1.42 bits per heavy atom. The van der Waals surface area contributed by atoms with Gasteiger partial charge in [-0.3, -0.25) is 4.79 Å². The minimum Gasteiger partial charge on any atom is -0.378 e. The number of halogens is 1. The first-order chi connectivity index (χ1) is 8.69. The standard InChI is InChI=1S/C14H24N2O2.ClH/c1-3-18-12-7-11(14(12)5-4-6-14)16(2)13(17)10-8-15-9-10;/h10-12,15H,3-9H2,1-2H3;1H. The lowest BCUT2D eigenvalue weighted by Gasteiger charge is -2.63. The lowest BCUT2D eigenvalue weighted by atomic mass is 9.50. The Bertz CT molecular complexity index is 342. The molecular weight excluding hydrogens is 264 g/mol. The molecule has 4 nitrogen and oxygen atoms in total.